The number of hydrogen-bond donors (Lipinski definition) is 7. The first-order valence-electron chi connectivity index (χ1n) is 27.0. The lowest BCUT2D eigenvalue weighted by atomic mass is 9.98. The first kappa shape index (κ1) is 60.0. The van der Waals surface area contributed by atoms with Gasteiger partial charge in [-0.2, -0.15) is 0 Å². The highest BCUT2D eigenvalue weighted by Gasteiger charge is 2.45. The molecule has 1 aliphatic rings. The summed E-state index contributed by atoms with van der Waals surface area (Å²) in [7, 11) is 1.40. The minimum Gasteiger partial charge on any atom is -0.447 e. The Balaban J connectivity index is 2.32. The van der Waals surface area contributed by atoms with Crippen LogP contribution >= 0.6 is 0 Å². The third-order valence-corrected chi connectivity index (χ3v) is 13.3. The Hall–Kier alpha value is -1.05. The van der Waals surface area contributed by atoms with Gasteiger partial charge in [-0.1, -0.05) is 239 Å². The lowest BCUT2D eigenvalue weighted by molar-refractivity contribution is -0.303. The Bertz CT molecular complexity index is 980. The van der Waals surface area contributed by atoms with Crippen molar-refractivity contribution in [1.29, 1.82) is 0 Å². The molecule has 1 heterocycles. The van der Waals surface area contributed by atoms with Gasteiger partial charge in [0.1, 0.15) is 31.0 Å². The molecule has 0 radical (unpaired) electrons. The van der Waals surface area contributed by atoms with Crippen molar-refractivity contribution in [2.24, 2.45) is 0 Å². The third-order valence-electron chi connectivity index (χ3n) is 13.3. The summed E-state index contributed by atoms with van der Waals surface area (Å²) in [6.07, 6.45) is 37.5. The maximum atomic E-state index is 11.6. The van der Waals surface area contributed by atoms with Crippen LogP contribution in [0.15, 0.2) is 0 Å². The van der Waals surface area contributed by atoms with Crippen LogP contribution in [-0.4, -0.2) is 107 Å². The lowest BCUT2D eigenvalue weighted by Gasteiger charge is -2.40. The van der Waals surface area contributed by atoms with E-state index in [2.05, 4.69) is 24.5 Å². The van der Waals surface area contributed by atoms with E-state index in [9.17, 15) is 30.3 Å². The number of hydrogen-bond acceptors (Lipinski definition) is 10. The Morgan fingerprint density at radius 1 is 0.524 bits per heavy atom. The second kappa shape index (κ2) is 43.5. The topological polar surface area (TPSA) is 170 Å². The maximum absolute atomic E-state index is 11.6. The van der Waals surface area contributed by atoms with Crippen molar-refractivity contribution in [2.45, 2.75) is 300 Å². The smallest absolute Gasteiger partial charge is 0.406 e. The van der Waals surface area contributed by atoms with E-state index in [4.69, 9.17) is 14.2 Å². The van der Waals surface area contributed by atoms with Gasteiger partial charge in [0, 0.05) is 7.05 Å². The second-order valence-electron chi connectivity index (χ2n) is 19.1. The van der Waals surface area contributed by atoms with E-state index in [1.165, 1.54) is 200 Å². The molecule has 0 bridgehead atoms. The summed E-state index contributed by atoms with van der Waals surface area (Å²) < 4.78 is 16.6. The van der Waals surface area contributed by atoms with Crippen molar-refractivity contribution in [3.05, 3.63) is 0 Å². The molecular weight excluding hydrogens is 797 g/mol. The zero-order valence-electron chi connectivity index (χ0n) is 41.3. The summed E-state index contributed by atoms with van der Waals surface area (Å²) in [5.74, 6) is 0. The first-order chi connectivity index (χ1) is 30.8. The van der Waals surface area contributed by atoms with Crippen LogP contribution in [0.25, 0.3) is 0 Å². The maximum Gasteiger partial charge on any atom is 0.406 e. The van der Waals surface area contributed by atoms with E-state index in [-0.39, 0.29) is 13.2 Å². The number of amides is 1. The molecule has 0 aromatic heterocycles. The Morgan fingerprint density at radius 3 is 1.27 bits per heavy atom. The molecule has 0 aromatic rings. The van der Waals surface area contributed by atoms with E-state index in [1.807, 2.05) is 0 Å². The number of unbranched alkanes of at least 4 members (excludes halogenated alkanes) is 34. The van der Waals surface area contributed by atoms with Gasteiger partial charge in [0.2, 0.25) is 0 Å². The van der Waals surface area contributed by atoms with Crippen LogP contribution in [0.1, 0.15) is 251 Å². The predicted molar refractivity (Wildman–Crippen MR) is 259 cm³/mol. The van der Waals surface area contributed by atoms with Gasteiger partial charge in [0.05, 0.1) is 24.9 Å². The number of rotatable bonds is 46. The molecule has 63 heavy (non-hydrogen) atoms. The average molecular weight is 901 g/mol. The zero-order valence-corrected chi connectivity index (χ0v) is 41.3. The van der Waals surface area contributed by atoms with Gasteiger partial charge in [-0.15, -0.1) is 0 Å². The molecule has 0 aromatic carbocycles. The highest BCUT2D eigenvalue weighted by atomic mass is 16.7. The van der Waals surface area contributed by atoms with Crippen LogP contribution in [0.4, 0.5) is 4.79 Å². The summed E-state index contributed by atoms with van der Waals surface area (Å²) in [5.41, 5.74) is 0. The Morgan fingerprint density at radius 2 is 0.889 bits per heavy atom. The monoisotopic (exact) mass is 901 g/mol. The molecule has 1 amide bonds. The molecule has 0 spiro atoms. The largest absolute Gasteiger partial charge is 0.447 e. The summed E-state index contributed by atoms with van der Waals surface area (Å²) in [6, 6.07) is -0.651. The fraction of sp³-hybridized carbons (Fsp3) is 0.981. The number of carbonyl (C=O) groups excluding carboxylic acids is 1. The highest BCUT2D eigenvalue weighted by Crippen LogP contribution is 2.24. The van der Waals surface area contributed by atoms with Gasteiger partial charge >= 0.3 is 6.09 Å². The highest BCUT2D eigenvalue weighted by molar-refractivity contribution is 5.66. The van der Waals surface area contributed by atoms with Crippen molar-refractivity contribution < 1.29 is 44.5 Å². The fourth-order valence-corrected chi connectivity index (χ4v) is 8.91. The Labute approximate surface area is 387 Å². The van der Waals surface area contributed by atoms with Crippen molar-refractivity contribution in [3.8, 4) is 0 Å². The predicted octanol–water partition coefficient (Wildman–Crippen LogP) is 11.3. The number of ether oxygens (including phenoxy) is 3. The van der Waals surface area contributed by atoms with Crippen LogP contribution in [0.2, 0.25) is 0 Å². The molecule has 0 saturated carbocycles. The molecule has 0 unspecified atom stereocenters. The summed E-state index contributed by atoms with van der Waals surface area (Å²) in [5, 5.41) is 59.6. The van der Waals surface area contributed by atoms with E-state index in [0.29, 0.717) is 13.0 Å². The molecule has 11 nitrogen and oxygen atoms in total. The molecule has 8 atom stereocenters. The number of aliphatic hydroxyl groups excluding tert-OH is 5. The third kappa shape index (κ3) is 33.1. The molecule has 0 aliphatic carbocycles. The standard InChI is InChI=1S/C52H104N2O9/c1-4-6-8-10-12-14-16-18-19-20-21-22-23-24-25-26-27-28-29-31-33-35-37-39-41-54-44(42-61-51-50(59)49(58)48(57)46(63-51)43-62-52(60)53-3)47(56)45(55)40-38-36-34-32-30-17-15-13-11-9-7-5-2/h44-51,54-59H,4-43H2,1-3H3,(H,53,60)/t44-,45+,46+,47-,48-,49-,50+,51-/m0/s1. The molecule has 11 heteroatoms. The van der Waals surface area contributed by atoms with Gasteiger partial charge in [-0.3, -0.25) is 0 Å². The van der Waals surface area contributed by atoms with Crippen molar-refractivity contribution in [3.63, 3.8) is 0 Å². The minimum absolute atomic E-state index is 0.108. The average Bonchev–Trinajstić information content (AvgIpc) is 3.29. The lowest BCUT2D eigenvalue weighted by Crippen LogP contribution is -2.60. The summed E-state index contributed by atoms with van der Waals surface area (Å²) in [6.45, 7) is 4.71. The first-order valence-corrected chi connectivity index (χ1v) is 27.0. The fourth-order valence-electron chi connectivity index (χ4n) is 8.91. The van der Waals surface area contributed by atoms with E-state index in [1.54, 1.807) is 0 Å². The van der Waals surface area contributed by atoms with Crippen LogP contribution in [-0.2, 0) is 14.2 Å². The van der Waals surface area contributed by atoms with Crippen molar-refractivity contribution in [1.82, 2.24) is 10.6 Å². The quantitative estimate of drug-likeness (QED) is 0.0292. The van der Waals surface area contributed by atoms with Crippen molar-refractivity contribution in [2.75, 3.05) is 26.8 Å². The number of aliphatic hydroxyl groups is 5. The van der Waals surface area contributed by atoms with Crippen LogP contribution < -0.4 is 10.6 Å². The van der Waals surface area contributed by atoms with Crippen LogP contribution in [0.5, 0.6) is 0 Å². The Kier molecular flexibility index (Phi) is 41.4. The second-order valence-corrected chi connectivity index (χ2v) is 19.1. The van der Waals surface area contributed by atoms with E-state index < -0.39 is 55.0 Å². The number of alkyl carbamates (subject to hydrolysis) is 1. The van der Waals surface area contributed by atoms with Gasteiger partial charge in [0.25, 0.3) is 0 Å². The van der Waals surface area contributed by atoms with Crippen LogP contribution in [0.3, 0.4) is 0 Å². The molecule has 1 fully saturated rings. The SMILES string of the molecule is CCCCCCCCCCCCCCCCCCCCCCCCCCN[C@@H](CO[C@H]1O[C@H](COC(=O)NC)[C@H](O)[C@H](O)[C@H]1O)[C@H](O)[C@H](O)CCCCCCCCCCCCCC. The molecule has 7 N–H and O–H groups in total. The molecule has 1 rings (SSSR count). The zero-order chi connectivity index (χ0) is 46.0. The molecular formula is C52H104N2O9. The van der Waals surface area contributed by atoms with E-state index >= 15 is 0 Å². The normalized spacial score (nSPS) is 20.5. The minimum atomic E-state index is -1.59. The van der Waals surface area contributed by atoms with Gasteiger partial charge < -0.3 is 50.4 Å². The van der Waals surface area contributed by atoms with Gasteiger partial charge in [-0.25, -0.2) is 4.79 Å². The number of nitrogens with one attached hydrogen (secondary N) is 2. The summed E-state index contributed by atoms with van der Waals surface area (Å²) in [4.78, 5) is 11.6. The van der Waals surface area contributed by atoms with E-state index in [0.717, 1.165) is 38.5 Å². The molecule has 376 valence electrons. The van der Waals surface area contributed by atoms with Crippen LogP contribution in [0, 0.1) is 0 Å². The molecule has 1 saturated heterocycles. The number of carbonyl (C=O) groups is 1. The molecule has 1 aliphatic heterocycles. The van der Waals surface area contributed by atoms with Gasteiger partial charge in [-0.05, 0) is 19.4 Å². The van der Waals surface area contributed by atoms with Crippen molar-refractivity contribution >= 4 is 6.09 Å². The van der Waals surface area contributed by atoms with Gasteiger partial charge in [0.15, 0.2) is 6.29 Å². The summed E-state index contributed by atoms with van der Waals surface area (Å²) >= 11 is 0.